The first kappa shape index (κ1) is 13.7. The summed E-state index contributed by atoms with van der Waals surface area (Å²) in [5.74, 6) is -2.15. The van der Waals surface area contributed by atoms with Gasteiger partial charge < -0.3 is 9.52 Å². The van der Waals surface area contributed by atoms with Gasteiger partial charge in [-0.1, -0.05) is 12.1 Å². The Labute approximate surface area is 118 Å². The second-order valence-corrected chi connectivity index (χ2v) is 4.83. The Morgan fingerprint density at radius 2 is 1.76 bits per heavy atom. The minimum Gasteiger partial charge on any atom is -0.455 e. The quantitative estimate of drug-likeness (QED) is 0.766. The second-order valence-electron chi connectivity index (χ2n) is 4.83. The van der Waals surface area contributed by atoms with Gasteiger partial charge in [-0.05, 0) is 30.7 Å². The third-order valence-corrected chi connectivity index (χ3v) is 3.36. The highest BCUT2D eigenvalue weighted by Gasteiger charge is 2.21. The molecule has 2 aromatic carbocycles. The van der Waals surface area contributed by atoms with Gasteiger partial charge in [0.25, 0.3) is 0 Å². The Kier molecular flexibility index (Phi) is 3.22. The fourth-order valence-corrected chi connectivity index (χ4v) is 2.22. The molecule has 0 radical (unpaired) electrons. The molecule has 1 aromatic heterocycles. The number of furan rings is 1. The Morgan fingerprint density at radius 1 is 1.00 bits per heavy atom. The van der Waals surface area contributed by atoms with E-state index in [0.29, 0.717) is 11.5 Å². The number of aryl methyl sites for hydroxylation is 1. The number of rotatable bonds is 2. The first-order chi connectivity index (χ1) is 9.97. The highest BCUT2D eigenvalue weighted by molar-refractivity contribution is 5.78. The fraction of sp³-hybridized carbons (Fsp3) is 0.125. The minimum absolute atomic E-state index is 0.00000756. The Balaban J connectivity index is 2.10. The van der Waals surface area contributed by atoms with Gasteiger partial charge in [0.1, 0.15) is 23.5 Å². The molecule has 1 unspecified atom stereocenters. The molecule has 5 heteroatoms. The van der Waals surface area contributed by atoms with Crippen molar-refractivity contribution in [1.82, 2.24) is 0 Å². The van der Waals surface area contributed by atoms with E-state index in [1.807, 2.05) is 0 Å². The number of para-hydroxylation sites is 1. The predicted octanol–water partition coefficient (Wildman–Crippen LogP) is 4.24. The lowest BCUT2D eigenvalue weighted by Crippen LogP contribution is -2.03. The Bertz CT molecular complexity index is 824. The van der Waals surface area contributed by atoms with Crippen LogP contribution >= 0.6 is 0 Å². The molecule has 0 amide bonds. The molecule has 1 atom stereocenters. The van der Waals surface area contributed by atoms with Crippen molar-refractivity contribution in [2.24, 2.45) is 0 Å². The highest BCUT2D eigenvalue weighted by atomic mass is 19.1. The lowest BCUT2D eigenvalue weighted by atomic mass is 10.0. The van der Waals surface area contributed by atoms with Crippen LogP contribution in [0.4, 0.5) is 13.2 Å². The van der Waals surface area contributed by atoms with Crippen molar-refractivity contribution in [2.45, 2.75) is 13.0 Å². The standard InChI is InChI=1S/C16H11F3O2/c1-8-5-10(13(19)7-12(8)18)15(20)14-6-9-3-2-4-11(17)16(9)21-14/h2-7,15,20H,1H3. The number of benzene rings is 2. The average molecular weight is 292 g/mol. The van der Waals surface area contributed by atoms with Gasteiger partial charge in [0.15, 0.2) is 11.4 Å². The van der Waals surface area contributed by atoms with Crippen LogP contribution in [0.1, 0.15) is 23.0 Å². The zero-order valence-electron chi connectivity index (χ0n) is 11.0. The van der Waals surface area contributed by atoms with Gasteiger partial charge in [0.05, 0.1) is 0 Å². The van der Waals surface area contributed by atoms with Crippen LogP contribution in [-0.4, -0.2) is 5.11 Å². The van der Waals surface area contributed by atoms with Crippen LogP contribution in [0.2, 0.25) is 0 Å². The Hall–Kier alpha value is -2.27. The van der Waals surface area contributed by atoms with Gasteiger partial charge in [-0.15, -0.1) is 0 Å². The number of hydrogen-bond donors (Lipinski definition) is 1. The summed E-state index contributed by atoms with van der Waals surface area (Å²) in [7, 11) is 0. The summed E-state index contributed by atoms with van der Waals surface area (Å²) >= 11 is 0. The molecule has 0 saturated heterocycles. The van der Waals surface area contributed by atoms with E-state index in [9.17, 15) is 18.3 Å². The first-order valence-electron chi connectivity index (χ1n) is 6.29. The van der Waals surface area contributed by atoms with Crippen LogP contribution in [-0.2, 0) is 0 Å². The summed E-state index contributed by atoms with van der Waals surface area (Å²) in [5, 5.41) is 10.7. The van der Waals surface area contributed by atoms with E-state index in [0.717, 1.165) is 0 Å². The van der Waals surface area contributed by atoms with Crippen molar-refractivity contribution in [3.05, 3.63) is 70.7 Å². The van der Waals surface area contributed by atoms with E-state index in [1.165, 1.54) is 31.2 Å². The summed E-state index contributed by atoms with van der Waals surface area (Å²) in [6.07, 6.45) is -1.43. The third-order valence-electron chi connectivity index (χ3n) is 3.36. The summed E-state index contributed by atoms with van der Waals surface area (Å²) in [6, 6.07) is 7.69. The molecular weight excluding hydrogens is 281 g/mol. The third kappa shape index (κ3) is 2.29. The van der Waals surface area contributed by atoms with E-state index in [2.05, 4.69) is 0 Å². The Morgan fingerprint density at radius 3 is 2.48 bits per heavy atom. The largest absolute Gasteiger partial charge is 0.455 e. The van der Waals surface area contributed by atoms with Gasteiger partial charge >= 0.3 is 0 Å². The monoisotopic (exact) mass is 292 g/mol. The number of aliphatic hydroxyl groups excluding tert-OH is 1. The van der Waals surface area contributed by atoms with E-state index < -0.39 is 23.6 Å². The average Bonchev–Trinajstić information content (AvgIpc) is 2.87. The number of hydrogen-bond acceptors (Lipinski definition) is 2. The maximum Gasteiger partial charge on any atom is 0.170 e. The van der Waals surface area contributed by atoms with Crippen LogP contribution in [0.3, 0.4) is 0 Å². The van der Waals surface area contributed by atoms with Crippen molar-refractivity contribution < 1.29 is 22.7 Å². The van der Waals surface area contributed by atoms with E-state index in [1.54, 1.807) is 6.07 Å². The normalized spacial score (nSPS) is 12.8. The lowest BCUT2D eigenvalue weighted by Gasteiger charge is -2.10. The lowest BCUT2D eigenvalue weighted by molar-refractivity contribution is 0.187. The van der Waals surface area contributed by atoms with Gasteiger partial charge in [-0.3, -0.25) is 0 Å². The van der Waals surface area contributed by atoms with Gasteiger partial charge in [0, 0.05) is 17.0 Å². The van der Waals surface area contributed by atoms with Crippen molar-refractivity contribution in [2.75, 3.05) is 0 Å². The van der Waals surface area contributed by atoms with Crippen LogP contribution < -0.4 is 0 Å². The van der Waals surface area contributed by atoms with Crippen molar-refractivity contribution >= 4 is 11.0 Å². The van der Waals surface area contributed by atoms with Crippen LogP contribution in [0.25, 0.3) is 11.0 Å². The number of fused-ring (bicyclic) bond motifs is 1. The van der Waals surface area contributed by atoms with Crippen LogP contribution in [0.15, 0.2) is 40.8 Å². The minimum atomic E-state index is -1.43. The predicted molar refractivity (Wildman–Crippen MR) is 71.3 cm³/mol. The molecule has 0 spiro atoms. The zero-order chi connectivity index (χ0) is 15.1. The van der Waals surface area contributed by atoms with Crippen molar-refractivity contribution in [3.63, 3.8) is 0 Å². The topological polar surface area (TPSA) is 33.4 Å². The maximum atomic E-state index is 13.8. The van der Waals surface area contributed by atoms with Gasteiger partial charge in [-0.25, -0.2) is 13.2 Å². The van der Waals surface area contributed by atoms with E-state index in [4.69, 9.17) is 4.42 Å². The summed E-state index contributed by atoms with van der Waals surface area (Å²) in [4.78, 5) is 0. The molecule has 0 bridgehead atoms. The van der Waals surface area contributed by atoms with Crippen molar-refractivity contribution in [3.8, 4) is 0 Å². The molecule has 21 heavy (non-hydrogen) atoms. The SMILES string of the molecule is Cc1cc(C(O)c2cc3cccc(F)c3o2)c(F)cc1F. The van der Waals surface area contributed by atoms with E-state index in [-0.39, 0.29) is 22.5 Å². The van der Waals surface area contributed by atoms with Gasteiger partial charge in [-0.2, -0.15) is 0 Å². The molecule has 3 aromatic rings. The molecule has 2 nitrogen and oxygen atoms in total. The second kappa shape index (κ2) is 4.93. The molecule has 0 aliphatic rings. The number of halogens is 3. The maximum absolute atomic E-state index is 13.8. The van der Waals surface area contributed by atoms with Crippen LogP contribution in [0.5, 0.6) is 0 Å². The molecular formula is C16H11F3O2. The van der Waals surface area contributed by atoms with Gasteiger partial charge in [0.2, 0.25) is 0 Å². The first-order valence-corrected chi connectivity index (χ1v) is 6.29. The van der Waals surface area contributed by atoms with Crippen LogP contribution in [0, 0.1) is 24.4 Å². The number of aliphatic hydroxyl groups is 1. The zero-order valence-corrected chi connectivity index (χ0v) is 11.0. The molecule has 0 aliphatic carbocycles. The van der Waals surface area contributed by atoms with E-state index >= 15 is 0 Å². The molecule has 0 fully saturated rings. The molecule has 0 aliphatic heterocycles. The molecule has 1 N–H and O–H groups in total. The molecule has 3 rings (SSSR count). The molecule has 108 valence electrons. The summed E-state index contributed by atoms with van der Waals surface area (Å²) in [6.45, 7) is 1.46. The summed E-state index contributed by atoms with van der Waals surface area (Å²) in [5.41, 5.74) is 0.0758. The summed E-state index contributed by atoms with van der Waals surface area (Å²) < 4.78 is 45.9. The molecule has 1 heterocycles. The molecule has 0 saturated carbocycles. The van der Waals surface area contributed by atoms with Crippen molar-refractivity contribution in [1.29, 1.82) is 0 Å². The smallest absolute Gasteiger partial charge is 0.170 e. The fourth-order valence-electron chi connectivity index (χ4n) is 2.22. The highest BCUT2D eigenvalue weighted by Crippen LogP contribution is 2.31.